The average molecular weight is 337 g/mol. The number of nitrogens with zero attached hydrogens (tertiary/aromatic N) is 5. The van der Waals surface area contributed by atoms with Crippen LogP contribution in [-0.4, -0.2) is 53.1 Å². The van der Waals surface area contributed by atoms with Gasteiger partial charge < -0.3 is 14.5 Å². The summed E-state index contributed by atoms with van der Waals surface area (Å²) >= 11 is 0. The smallest absolute Gasteiger partial charge is 0.263 e. The Morgan fingerprint density at radius 2 is 1.80 bits per heavy atom. The van der Waals surface area contributed by atoms with Gasteiger partial charge in [0.2, 0.25) is 5.95 Å². The highest BCUT2D eigenvalue weighted by Crippen LogP contribution is 2.16. The standard InChI is InChI=1S/C18H19N5O2/c1-14(25-16-5-3-15(13-19)4-6-16)17(24)22-9-11-23(12-10-22)18-20-7-2-8-21-18/h2-8,14H,9-12H2,1H3. The fourth-order valence-electron chi connectivity index (χ4n) is 2.70. The van der Waals surface area contributed by atoms with Crippen LogP contribution in [0.25, 0.3) is 0 Å². The Balaban J connectivity index is 1.54. The molecule has 1 amide bonds. The van der Waals surface area contributed by atoms with Crippen LogP contribution in [0, 0.1) is 11.3 Å². The molecule has 0 bridgehead atoms. The first-order chi connectivity index (χ1) is 12.2. The molecule has 7 nitrogen and oxygen atoms in total. The molecule has 0 radical (unpaired) electrons. The summed E-state index contributed by atoms with van der Waals surface area (Å²) in [4.78, 5) is 24.9. The molecule has 1 aromatic heterocycles. The van der Waals surface area contributed by atoms with Crippen molar-refractivity contribution >= 4 is 11.9 Å². The van der Waals surface area contributed by atoms with Gasteiger partial charge in [-0.15, -0.1) is 0 Å². The predicted molar refractivity (Wildman–Crippen MR) is 92.1 cm³/mol. The monoisotopic (exact) mass is 337 g/mol. The summed E-state index contributed by atoms with van der Waals surface area (Å²) in [6.07, 6.45) is 2.85. The van der Waals surface area contributed by atoms with Gasteiger partial charge in [-0.3, -0.25) is 4.79 Å². The molecule has 2 aromatic rings. The van der Waals surface area contributed by atoms with E-state index in [1.54, 1.807) is 54.5 Å². The van der Waals surface area contributed by atoms with Crippen molar-refractivity contribution in [1.82, 2.24) is 14.9 Å². The number of benzene rings is 1. The van der Waals surface area contributed by atoms with Gasteiger partial charge in [0.05, 0.1) is 11.6 Å². The van der Waals surface area contributed by atoms with Crippen molar-refractivity contribution in [2.75, 3.05) is 31.1 Å². The number of hydrogen-bond donors (Lipinski definition) is 0. The van der Waals surface area contributed by atoms with Crippen molar-refractivity contribution < 1.29 is 9.53 Å². The van der Waals surface area contributed by atoms with Crippen molar-refractivity contribution in [3.63, 3.8) is 0 Å². The van der Waals surface area contributed by atoms with Crippen LogP contribution >= 0.6 is 0 Å². The minimum atomic E-state index is -0.576. The maximum atomic E-state index is 12.6. The molecule has 7 heteroatoms. The molecular weight excluding hydrogens is 318 g/mol. The molecule has 0 saturated carbocycles. The second-order valence-electron chi connectivity index (χ2n) is 5.76. The van der Waals surface area contributed by atoms with Gasteiger partial charge in [-0.05, 0) is 37.3 Å². The highest BCUT2D eigenvalue weighted by Gasteiger charge is 2.26. The first kappa shape index (κ1) is 16.7. The van der Waals surface area contributed by atoms with Crippen LogP contribution < -0.4 is 9.64 Å². The Bertz CT molecular complexity index is 749. The number of anilines is 1. The second kappa shape index (κ2) is 7.62. The van der Waals surface area contributed by atoms with Crippen LogP contribution in [-0.2, 0) is 4.79 Å². The van der Waals surface area contributed by atoms with Crippen LogP contribution in [0.5, 0.6) is 5.75 Å². The Labute approximate surface area is 146 Å². The lowest BCUT2D eigenvalue weighted by molar-refractivity contribution is -0.138. The van der Waals surface area contributed by atoms with E-state index in [4.69, 9.17) is 10.00 Å². The number of ether oxygens (including phenoxy) is 1. The Hall–Kier alpha value is -3.14. The van der Waals surface area contributed by atoms with E-state index in [0.717, 1.165) is 0 Å². The quantitative estimate of drug-likeness (QED) is 0.840. The molecule has 1 atom stereocenters. The molecule has 2 heterocycles. The lowest BCUT2D eigenvalue weighted by atomic mass is 10.2. The SMILES string of the molecule is CC(Oc1ccc(C#N)cc1)C(=O)N1CCN(c2ncccn2)CC1. The third-order valence-corrected chi connectivity index (χ3v) is 4.07. The molecule has 1 aromatic carbocycles. The predicted octanol–water partition coefficient (Wildman–Crippen LogP) is 1.46. The highest BCUT2D eigenvalue weighted by molar-refractivity contribution is 5.81. The molecule has 0 spiro atoms. The van der Waals surface area contributed by atoms with E-state index in [1.165, 1.54) is 0 Å². The fourth-order valence-corrected chi connectivity index (χ4v) is 2.70. The minimum Gasteiger partial charge on any atom is -0.481 e. The fraction of sp³-hybridized carbons (Fsp3) is 0.333. The largest absolute Gasteiger partial charge is 0.481 e. The molecule has 1 unspecified atom stereocenters. The lowest BCUT2D eigenvalue weighted by Gasteiger charge is -2.35. The van der Waals surface area contributed by atoms with Gasteiger partial charge in [0.15, 0.2) is 6.10 Å². The number of aromatic nitrogens is 2. The maximum absolute atomic E-state index is 12.6. The molecule has 128 valence electrons. The van der Waals surface area contributed by atoms with E-state index >= 15 is 0 Å². The van der Waals surface area contributed by atoms with Crippen molar-refractivity contribution in [2.45, 2.75) is 13.0 Å². The molecule has 1 aliphatic heterocycles. The molecule has 1 saturated heterocycles. The zero-order valence-corrected chi connectivity index (χ0v) is 14.0. The van der Waals surface area contributed by atoms with Gasteiger partial charge in [0, 0.05) is 38.6 Å². The zero-order valence-electron chi connectivity index (χ0n) is 14.0. The van der Waals surface area contributed by atoms with Crippen LogP contribution in [0.3, 0.4) is 0 Å². The number of rotatable bonds is 4. The molecule has 0 N–H and O–H groups in total. The summed E-state index contributed by atoms with van der Waals surface area (Å²) < 4.78 is 5.70. The third kappa shape index (κ3) is 4.04. The van der Waals surface area contributed by atoms with E-state index in [2.05, 4.69) is 20.9 Å². The Morgan fingerprint density at radius 1 is 1.16 bits per heavy atom. The van der Waals surface area contributed by atoms with Gasteiger partial charge in [-0.25, -0.2) is 9.97 Å². The van der Waals surface area contributed by atoms with E-state index in [0.29, 0.717) is 43.4 Å². The zero-order chi connectivity index (χ0) is 17.6. The number of amides is 1. The molecular formula is C18H19N5O2. The first-order valence-electron chi connectivity index (χ1n) is 8.15. The Morgan fingerprint density at radius 3 is 2.40 bits per heavy atom. The third-order valence-electron chi connectivity index (χ3n) is 4.07. The summed E-state index contributed by atoms with van der Waals surface area (Å²) in [5, 5.41) is 8.81. The Kier molecular flexibility index (Phi) is 5.09. The van der Waals surface area contributed by atoms with Crippen LogP contribution in [0.15, 0.2) is 42.7 Å². The van der Waals surface area contributed by atoms with E-state index in [9.17, 15) is 4.79 Å². The maximum Gasteiger partial charge on any atom is 0.263 e. The summed E-state index contributed by atoms with van der Waals surface area (Å²) in [6, 6.07) is 10.6. The van der Waals surface area contributed by atoms with Crippen molar-refractivity contribution in [2.24, 2.45) is 0 Å². The van der Waals surface area contributed by atoms with E-state index < -0.39 is 6.10 Å². The van der Waals surface area contributed by atoms with Gasteiger partial charge in [0.1, 0.15) is 5.75 Å². The van der Waals surface area contributed by atoms with Gasteiger partial charge in [-0.1, -0.05) is 0 Å². The second-order valence-corrected chi connectivity index (χ2v) is 5.76. The molecule has 1 aliphatic rings. The summed E-state index contributed by atoms with van der Waals surface area (Å²) in [6.45, 7) is 4.35. The summed E-state index contributed by atoms with van der Waals surface area (Å²) in [5.74, 6) is 1.23. The number of nitriles is 1. The first-order valence-corrected chi connectivity index (χ1v) is 8.15. The van der Waals surface area contributed by atoms with Crippen molar-refractivity contribution in [1.29, 1.82) is 5.26 Å². The van der Waals surface area contributed by atoms with Crippen LogP contribution in [0.4, 0.5) is 5.95 Å². The molecule has 1 fully saturated rings. The number of hydrogen-bond acceptors (Lipinski definition) is 6. The van der Waals surface area contributed by atoms with Gasteiger partial charge in [0.25, 0.3) is 5.91 Å². The number of carbonyl (C=O) groups excluding carboxylic acids is 1. The van der Waals surface area contributed by atoms with Crippen LogP contribution in [0.1, 0.15) is 12.5 Å². The average Bonchev–Trinajstić information content (AvgIpc) is 2.69. The van der Waals surface area contributed by atoms with E-state index in [1.807, 2.05) is 0 Å². The normalized spacial score (nSPS) is 15.4. The van der Waals surface area contributed by atoms with Crippen molar-refractivity contribution in [3.8, 4) is 11.8 Å². The van der Waals surface area contributed by atoms with E-state index in [-0.39, 0.29) is 5.91 Å². The minimum absolute atomic E-state index is 0.0435. The summed E-state index contributed by atoms with van der Waals surface area (Å²) in [7, 11) is 0. The highest BCUT2D eigenvalue weighted by atomic mass is 16.5. The molecule has 3 rings (SSSR count). The molecule has 25 heavy (non-hydrogen) atoms. The van der Waals surface area contributed by atoms with Crippen molar-refractivity contribution in [3.05, 3.63) is 48.3 Å². The topological polar surface area (TPSA) is 82.4 Å². The van der Waals surface area contributed by atoms with Gasteiger partial charge >= 0.3 is 0 Å². The van der Waals surface area contributed by atoms with Crippen LogP contribution in [0.2, 0.25) is 0 Å². The number of piperazine rings is 1. The number of carbonyl (C=O) groups is 1. The summed E-state index contributed by atoms with van der Waals surface area (Å²) in [5.41, 5.74) is 0.561. The van der Waals surface area contributed by atoms with Gasteiger partial charge in [-0.2, -0.15) is 5.26 Å². The lowest BCUT2D eigenvalue weighted by Crippen LogP contribution is -2.52. The molecule has 0 aliphatic carbocycles.